The number of aryl methyl sites for hydroxylation is 1. The van der Waals surface area contributed by atoms with Gasteiger partial charge in [-0.25, -0.2) is 4.79 Å². The number of hydrogen-bond donors (Lipinski definition) is 1. The van der Waals surface area contributed by atoms with Gasteiger partial charge in [-0.05, 0) is 30.4 Å². The lowest BCUT2D eigenvalue weighted by atomic mass is 9.86. The Morgan fingerprint density at radius 1 is 1.00 bits per heavy atom. The fourth-order valence-corrected chi connectivity index (χ4v) is 3.31. The number of nitrogens with zero attached hydrogens (tertiary/aromatic N) is 1. The summed E-state index contributed by atoms with van der Waals surface area (Å²) in [5.74, 6) is -0.682. The lowest BCUT2D eigenvalue weighted by Gasteiger charge is -2.22. The van der Waals surface area contributed by atoms with Crippen LogP contribution >= 0.6 is 0 Å². The van der Waals surface area contributed by atoms with E-state index in [9.17, 15) is 14.4 Å². The number of rotatable bonds is 4. The lowest BCUT2D eigenvalue weighted by molar-refractivity contribution is -0.130. The first-order chi connectivity index (χ1) is 13.0. The Hall–Kier alpha value is -2.95. The third-order valence-electron chi connectivity index (χ3n) is 5.28. The zero-order valence-corrected chi connectivity index (χ0v) is 17.0. The Bertz CT molecular complexity index is 924. The molecule has 1 atom stereocenters. The molecule has 2 aromatic carbocycles. The highest BCUT2D eigenvalue weighted by Gasteiger charge is 2.49. The van der Waals surface area contributed by atoms with Gasteiger partial charge in [0.1, 0.15) is 5.54 Å². The quantitative estimate of drug-likeness (QED) is 0.647. The molecule has 5 heteroatoms. The third-order valence-corrected chi connectivity index (χ3v) is 5.28. The minimum atomic E-state index is -1.17. The van der Waals surface area contributed by atoms with Crippen molar-refractivity contribution in [2.75, 3.05) is 6.54 Å². The molecule has 3 amide bonds. The minimum absolute atomic E-state index is 0.0117. The second-order valence-corrected chi connectivity index (χ2v) is 8.56. The zero-order valence-electron chi connectivity index (χ0n) is 17.0. The predicted octanol–water partition coefficient (Wildman–Crippen LogP) is 3.94. The van der Waals surface area contributed by atoms with E-state index in [1.807, 2.05) is 43.3 Å². The second-order valence-electron chi connectivity index (χ2n) is 8.56. The summed E-state index contributed by atoms with van der Waals surface area (Å²) in [6, 6.07) is 14.2. The van der Waals surface area contributed by atoms with Crippen LogP contribution < -0.4 is 5.32 Å². The van der Waals surface area contributed by atoms with Gasteiger partial charge in [-0.15, -0.1) is 0 Å². The Balaban J connectivity index is 1.79. The number of hydrogen-bond acceptors (Lipinski definition) is 3. The standard InChI is InChI=1S/C23H26N2O3/c1-15-6-10-18(11-7-15)23(5)20(27)25(21(28)24-23)14-19(26)16-8-12-17(13-9-16)22(2,3)4/h6-13H,14H2,1-5H3,(H,24,28)/t23-/m0/s1. The molecule has 1 saturated heterocycles. The summed E-state index contributed by atoms with van der Waals surface area (Å²) in [6.07, 6.45) is 0. The first kappa shape index (κ1) is 19.8. The Morgan fingerprint density at radius 2 is 1.57 bits per heavy atom. The van der Waals surface area contributed by atoms with E-state index in [-0.39, 0.29) is 17.7 Å². The van der Waals surface area contributed by atoms with Crippen LogP contribution in [0.2, 0.25) is 0 Å². The van der Waals surface area contributed by atoms with Gasteiger partial charge in [0, 0.05) is 5.56 Å². The van der Waals surface area contributed by atoms with Crippen LogP contribution in [0.3, 0.4) is 0 Å². The molecule has 0 unspecified atom stereocenters. The van der Waals surface area contributed by atoms with E-state index >= 15 is 0 Å². The van der Waals surface area contributed by atoms with Crippen molar-refractivity contribution in [2.45, 2.75) is 45.6 Å². The maximum atomic E-state index is 13.0. The molecule has 0 radical (unpaired) electrons. The van der Waals surface area contributed by atoms with Gasteiger partial charge in [0.25, 0.3) is 5.91 Å². The predicted molar refractivity (Wildman–Crippen MR) is 108 cm³/mol. The summed E-state index contributed by atoms with van der Waals surface area (Å²) in [5.41, 5.74) is 2.18. The van der Waals surface area contributed by atoms with E-state index in [2.05, 4.69) is 26.1 Å². The Morgan fingerprint density at radius 3 is 2.11 bits per heavy atom. The summed E-state index contributed by atoms with van der Waals surface area (Å²) in [7, 11) is 0. The number of amides is 3. The van der Waals surface area contributed by atoms with Gasteiger partial charge in [0.05, 0.1) is 6.54 Å². The fraction of sp³-hybridized carbons (Fsp3) is 0.348. The highest BCUT2D eigenvalue weighted by molar-refractivity contribution is 6.11. The number of carbonyl (C=O) groups is 3. The molecule has 0 saturated carbocycles. The molecule has 2 aromatic rings. The minimum Gasteiger partial charge on any atom is -0.319 e. The van der Waals surface area contributed by atoms with E-state index in [1.165, 1.54) is 0 Å². The zero-order chi connectivity index (χ0) is 20.7. The van der Waals surface area contributed by atoms with Crippen molar-refractivity contribution in [3.63, 3.8) is 0 Å². The van der Waals surface area contributed by atoms with E-state index in [0.29, 0.717) is 11.1 Å². The average Bonchev–Trinajstić information content (AvgIpc) is 2.85. The van der Waals surface area contributed by atoms with Gasteiger partial charge in [-0.3, -0.25) is 14.5 Å². The highest BCUT2D eigenvalue weighted by Crippen LogP contribution is 2.29. The largest absolute Gasteiger partial charge is 0.325 e. The van der Waals surface area contributed by atoms with Crippen LogP contribution in [-0.2, 0) is 15.7 Å². The Kier molecular flexibility index (Phi) is 4.88. The normalized spacial score (nSPS) is 19.7. The van der Waals surface area contributed by atoms with Crippen molar-refractivity contribution in [3.05, 3.63) is 70.8 Å². The number of carbonyl (C=O) groups excluding carboxylic acids is 3. The van der Waals surface area contributed by atoms with Crippen LogP contribution in [0.1, 0.15) is 54.7 Å². The molecule has 146 valence electrons. The van der Waals surface area contributed by atoms with Crippen molar-refractivity contribution in [1.29, 1.82) is 0 Å². The molecule has 0 spiro atoms. The van der Waals surface area contributed by atoms with Crippen LogP contribution in [0.5, 0.6) is 0 Å². The van der Waals surface area contributed by atoms with Crippen molar-refractivity contribution >= 4 is 17.7 Å². The number of urea groups is 1. The summed E-state index contributed by atoms with van der Waals surface area (Å²) in [5, 5.41) is 2.74. The molecule has 1 fully saturated rings. The first-order valence-electron chi connectivity index (χ1n) is 9.37. The van der Waals surface area contributed by atoms with Gasteiger partial charge in [0.2, 0.25) is 0 Å². The van der Waals surface area contributed by atoms with Gasteiger partial charge in [0.15, 0.2) is 5.78 Å². The van der Waals surface area contributed by atoms with Crippen LogP contribution in [0, 0.1) is 6.92 Å². The van der Waals surface area contributed by atoms with E-state index in [1.54, 1.807) is 19.1 Å². The van der Waals surface area contributed by atoms with Gasteiger partial charge in [-0.2, -0.15) is 0 Å². The molecule has 1 aliphatic rings. The molecule has 1 N–H and O–H groups in total. The third kappa shape index (κ3) is 3.57. The van der Waals surface area contributed by atoms with Crippen LogP contribution in [0.4, 0.5) is 4.79 Å². The Labute approximate surface area is 165 Å². The van der Waals surface area contributed by atoms with Crippen molar-refractivity contribution in [3.8, 4) is 0 Å². The van der Waals surface area contributed by atoms with E-state index in [0.717, 1.165) is 16.0 Å². The van der Waals surface area contributed by atoms with Crippen LogP contribution in [0.15, 0.2) is 48.5 Å². The number of imide groups is 1. The molecule has 28 heavy (non-hydrogen) atoms. The number of nitrogens with one attached hydrogen (secondary N) is 1. The monoisotopic (exact) mass is 378 g/mol. The van der Waals surface area contributed by atoms with Gasteiger partial charge >= 0.3 is 6.03 Å². The summed E-state index contributed by atoms with van der Waals surface area (Å²) >= 11 is 0. The van der Waals surface area contributed by atoms with Crippen LogP contribution in [0.25, 0.3) is 0 Å². The number of ketones is 1. The molecule has 1 heterocycles. The molecule has 1 aliphatic heterocycles. The van der Waals surface area contributed by atoms with Crippen molar-refractivity contribution < 1.29 is 14.4 Å². The number of benzene rings is 2. The maximum Gasteiger partial charge on any atom is 0.325 e. The molecule has 5 nitrogen and oxygen atoms in total. The average molecular weight is 378 g/mol. The summed E-state index contributed by atoms with van der Waals surface area (Å²) < 4.78 is 0. The second kappa shape index (κ2) is 6.89. The molecule has 3 rings (SSSR count). The maximum absolute atomic E-state index is 13.0. The lowest BCUT2D eigenvalue weighted by Crippen LogP contribution is -2.41. The smallest absolute Gasteiger partial charge is 0.319 e. The fourth-order valence-electron chi connectivity index (χ4n) is 3.31. The molecular formula is C23H26N2O3. The number of Topliss-reactive ketones (excluding diaryl/α,β-unsaturated/α-hetero) is 1. The van der Waals surface area contributed by atoms with Gasteiger partial charge < -0.3 is 5.32 Å². The molecular weight excluding hydrogens is 352 g/mol. The van der Waals surface area contributed by atoms with Gasteiger partial charge in [-0.1, -0.05) is 74.9 Å². The molecule has 0 bridgehead atoms. The van der Waals surface area contributed by atoms with Crippen molar-refractivity contribution in [1.82, 2.24) is 10.2 Å². The summed E-state index contributed by atoms with van der Waals surface area (Å²) in [4.78, 5) is 39.1. The molecule has 0 aliphatic carbocycles. The SMILES string of the molecule is Cc1ccc([C@]2(C)NC(=O)N(CC(=O)c3ccc(C(C)(C)C)cc3)C2=O)cc1. The first-order valence-corrected chi connectivity index (χ1v) is 9.37. The van der Waals surface area contributed by atoms with E-state index in [4.69, 9.17) is 0 Å². The highest BCUT2D eigenvalue weighted by atomic mass is 16.2. The topological polar surface area (TPSA) is 66.5 Å². The molecule has 0 aromatic heterocycles. The summed E-state index contributed by atoms with van der Waals surface area (Å²) in [6.45, 7) is 9.65. The van der Waals surface area contributed by atoms with Crippen LogP contribution in [-0.4, -0.2) is 29.2 Å². The van der Waals surface area contributed by atoms with E-state index < -0.39 is 17.5 Å². The van der Waals surface area contributed by atoms with Crippen molar-refractivity contribution in [2.24, 2.45) is 0 Å².